The third-order valence-electron chi connectivity index (χ3n) is 3.90. The minimum absolute atomic E-state index is 0.161. The van der Waals surface area contributed by atoms with Gasteiger partial charge in [-0.2, -0.15) is 0 Å². The van der Waals surface area contributed by atoms with Gasteiger partial charge in [0.05, 0.1) is 18.7 Å². The molecule has 0 amide bonds. The summed E-state index contributed by atoms with van der Waals surface area (Å²) in [5.41, 5.74) is 5.45. The molecular formula is C16H23ClN4S. The molecule has 1 aliphatic rings. The van der Waals surface area contributed by atoms with Crippen molar-refractivity contribution in [2.75, 3.05) is 13.6 Å². The molecule has 0 aliphatic carbocycles. The highest BCUT2D eigenvalue weighted by Crippen LogP contribution is 2.42. The lowest BCUT2D eigenvalue weighted by atomic mass is 9.87. The van der Waals surface area contributed by atoms with E-state index in [2.05, 4.69) is 36.9 Å². The van der Waals surface area contributed by atoms with Crippen molar-refractivity contribution < 1.29 is 0 Å². The zero-order chi connectivity index (χ0) is 16.3. The van der Waals surface area contributed by atoms with E-state index in [-0.39, 0.29) is 10.9 Å². The zero-order valence-electron chi connectivity index (χ0n) is 13.5. The Hall–Kier alpha value is -1.20. The van der Waals surface area contributed by atoms with Gasteiger partial charge in [0.15, 0.2) is 0 Å². The molecule has 6 heteroatoms. The molecule has 0 saturated heterocycles. The highest BCUT2D eigenvalue weighted by atomic mass is 35.5. The Bertz CT molecular complexity index is 583. The fourth-order valence-electron chi connectivity index (χ4n) is 2.52. The van der Waals surface area contributed by atoms with E-state index in [9.17, 15) is 0 Å². The number of benzene rings is 1. The van der Waals surface area contributed by atoms with Gasteiger partial charge in [-0.1, -0.05) is 43.3 Å². The van der Waals surface area contributed by atoms with E-state index in [1.807, 2.05) is 31.5 Å². The quantitative estimate of drug-likeness (QED) is 0.660. The fraction of sp³-hybridized carbons (Fsp3) is 0.500. The number of hydrogen-bond acceptors (Lipinski definition) is 4. The predicted octanol–water partition coefficient (Wildman–Crippen LogP) is 3.50. The molecule has 1 aromatic rings. The second kappa shape index (κ2) is 6.92. The molecule has 1 aromatic carbocycles. The maximum absolute atomic E-state index is 6.11. The van der Waals surface area contributed by atoms with Gasteiger partial charge < -0.3 is 10.6 Å². The highest BCUT2D eigenvalue weighted by molar-refractivity contribution is 8.00. The first kappa shape index (κ1) is 17.2. The van der Waals surface area contributed by atoms with Crippen LogP contribution in [0.25, 0.3) is 0 Å². The molecule has 1 aliphatic heterocycles. The molecule has 0 aromatic heterocycles. The molecule has 2 atom stereocenters. The van der Waals surface area contributed by atoms with E-state index in [0.29, 0.717) is 18.3 Å². The van der Waals surface area contributed by atoms with Crippen LogP contribution in [0.15, 0.2) is 39.1 Å². The van der Waals surface area contributed by atoms with Gasteiger partial charge in [0, 0.05) is 17.0 Å². The van der Waals surface area contributed by atoms with Crippen LogP contribution >= 0.6 is 23.4 Å². The normalized spacial score (nSPS) is 25.3. The van der Waals surface area contributed by atoms with E-state index in [1.165, 1.54) is 0 Å². The van der Waals surface area contributed by atoms with Crippen LogP contribution in [0.4, 0.5) is 0 Å². The number of aliphatic imine (C=N–C) groups is 2. The Morgan fingerprint density at radius 1 is 1.55 bits per heavy atom. The van der Waals surface area contributed by atoms with E-state index in [0.717, 1.165) is 9.92 Å². The molecule has 4 nitrogen and oxygen atoms in total. The van der Waals surface area contributed by atoms with Crippen LogP contribution in [0.3, 0.4) is 0 Å². The van der Waals surface area contributed by atoms with Crippen LogP contribution in [0.1, 0.15) is 20.8 Å². The Morgan fingerprint density at radius 3 is 2.86 bits per heavy atom. The van der Waals surface area contributed by atoms with Gasteiger partial charge in [0.1, 0.15) is 10.9 Å². The standard InChI is InChI=1S/C16H23ClN4S/c1-11(2)16(9-19-12(3)18)15(21(4)10-20-16)22-14-7-5-6-13(17)8-14/h5-8,10-11,15H,9H2,1-4H3,(H2,18,19). The molecular weight excluding hydrogens is 316 g/mol. The average molecular weight is 339 g/mol. The molecule has 0 fully saturated rings. The van der Waals surface area contributed by atoms with Crippen molar-refractivity contribution in [3.63, 3.8) is 0 Å². The molecule has 0 radical (unpaired) electrons. The van der Waals surface area contributed by atoms with E-state index in [1.54, 1.807) is 11.8 Å². The first-order valence-electron chi connectivity index (χ1n) is 7.31. The number of thioether (sulfide) groups is 1. The van der Waals surface area contributed by atoms with Crippen molar-refractivity contribution in [3.8, 4) is 0 Å². The number of hydrogen-bond donors (Lipinski definition) is 1. The number of rotatable bonds is 5. The fourth-order valence-corrected chi connectivity index (χ4v) is 4.21. The summed E-state index contributed by atoms with van der Waals surface area (Å²) in [5.74, 6) is 0.935. The summed E-state index contributed by atoms with van der Waals surface area (Å²) in [6.45, 7) is 6.77. The van der Waals surface area contributed by atoms with Crippen LogP contribution in [0, 0.1) is 5.92 Å². The third kappa shape index (κ3) is 3.58. The van der Waals surface area contributed by atoms with Gasteiger partial charge in [-0.05, 0) is 31.0 Å². The largest absolute Gasteiger partial charge is 0.388 e. The second-order valence-corrected chi connectivity index (χ2v) is 7.53. The van der Waals surface area contributed by atoms with Crippen molar-refractivity contribution in [1.29, 1.82) is 0 Å². The number of nitrogens with two attached hydrogens (primary N) is 1. The number of nitrogens with zero attached hydrogens (tertiary/aromatic N) is 3. The minimum atomic E-state index is -0.289. The van der Waals surface area contributed by atoms with Crippen LogP contribution in [0.2, 0.25) is 5.02 Å². The summed E-state index contributed by atoms with van der Waals surface area (Å²) in [6.07, 6.45) is 1.91. The molecule has 22 heavy (non-hydrogen) atoms. The van der Waals surface area contributed by atoms with Crippen molar-refractivity contribution in [1.82, 2.24) is 4.90 Å². The SMILES string of the molecule is CC(N)=NCC1(C(C)C)N=CN(C)C1Sc1cccc(Cl)c1. The summed E-state index contributed by atoms with van der Waals surface area (Å²) in [7, 11) is 2.05. The number of halogens is 1. The Labute approximate surface area is 141 Å². The van der Waals surface area contributed by atoms with Crippen LogP contribution in [0.5, 0.6) is 0 Å². The summed E-state index contributed by atoms with van der Waals surface area (Å²) >= 11 is 7.87. The molecule has 2 unspecified atom stereocenters. The minimum Gasteiger partial charge on any atom is -0.388 e. The highest BCUT2D eigenvalue weighted by Gasteiger charge is 2.47. The molecule has 2 N–H and O–H groups in total. The smallest absolute Gasteiger partial charge is 0.114 e. The number of likely N-dealkylation sites (N-methyl/N-ethyl adjacent to an activating group) is 1. The van der Waals surface area contributed by atoms with Gasteiger partial charge in [0.25, 0.3) is 0 Å². The number of amidine groups is 1. The first-order chi connectivity index (χ1) is 10.3. The molecule has 0 spiro atoms. The summed E-state index contributed by atoms with van der Waals surface area (Å²) < 4.78 is 0. The molecule has 120 valence electrons. The molecule has 0 saturated carbocycles. The van der Waals surface area contributed by atoms with Crippen molar-refractivity contribution in [2.45, 2.75) is 36.6 Å². The van der Waals surface area contributed by atoms with Gasteiger partial charge in [-0.25, -0.2) is 0 Å². The Morgan fingerprint density at radius 2 is 2.27 bits per heavy atom. The van der Waals surface area contributed by atoms with Gasteiger partial charge in [-0.3, -0.25) is 9.98 Å². The maximum atomic E-state index is 6.11. The Balaban J connectivity index is 2.31. The molecule has 2 rings (SSSR count). The van der Waals surface area contributed by atoms with Gasteiger partial charge in [0.2, 0.25) is 0 Å². The lowest BCUT2D eigenvalue weighted by molar-refractivity contribution is 0.271. The maximum Gasteiger partial charge on any atom is 0.114 e. The molecule has 0 bridgehead atoms. The van der Waals surface area contributed by atoms with Gasteiger partial charge >= 0.3 is 0 Å². The van der Waals surface area contributed by atoms with E-state index < -0.39 is 0 Å². The Kier molecular flexibility index (Phi) is 5.40. The third-order valence-corrected chi connectivity index (χ3v) is 5.63. The van der Waals surface area contributed by atoms with Crippen LogP contribution in [-0.4, -0.2) is 41.6 Å². The van der Waals surface area contributed by atoms with Crippen molar-refractivity contribution in [2.24, 2.45) is 21.6 Å². The van der Waals surface area contributed by atoms with Crippen molar-refractivity contribution >= 4 is 35.5 Å². The lowest BCUT2D eigenvalue weighted by Crippen LogP contribution is -2.48. The summed E-state index contributed by atoms with van der Waals surface area (Å²) in [5, 5.41) is 0.909. The second-order valence-electron chi connectivity index (χ2n) is 5.94. The van der Waals surface area contributed by atoms with Crippen molar-refractivity contribution in [3.05, 3.63) is 29.3 Å². The predicted molar refractivity (Wildman–Crippen MR) is 97.1 cm³/mol. The lowest BCUT2D eigenvalue weighted by Gasteiger charge is -2.37. The average Bonchev–Trinajstić information content (AvgIpc) is 2.75. The zero-order valence-corrected chi connectivity index (χ0v) is 15.0. The van der Waals surface area contributed by atoms with Crippen LogP contribution in [-0.2, 0) is 0 Å². The van der Waals surface area contributed by atoms with E-state index >= 15 is 0 Å². The monoisotopic (exact) mass is 338 g/mol. The summed E-state index contributed by atoms with van der Waals surface area (Å²) in [6, 6.07) is 7.92. The summed E-state index contributed by atoms with van der Waals surface area (Å²) in [4.78, 5) is 12.5. The molecule has 1 heterocycles. The topological polar surface area (TPSA) is 54.0 Å². The van der Waals surface area contributed by atoms with Gasteiger partial charge in [-0.15, -0.1) is 0 Å². The van der Waals surface area contributed by atoms with Crippen LogP contribution < -0.4 is 5.73 Å². The van der Waals surface area contributed by atoms with E-state index in [4.69, 9.17) is 22.3 Å². The first-order valence-corrected chi connectivity index (χ1v) is 8.57.